The first-order valence-corrected chi connectivity index (χ1v) is 6.62. The molecule has 0 bridgehead atoms. The van der Waals surface area contributed by atoms with Gasteiger partial charge in [-0.3, -0.25) is 0 Å². The quantitative estimate of drug-likeness (QED) is 0.534. The Kier molecular flexibility index (Phi) is 11.9. The number of unbranched alkanes of at least 4 members (excludes halogenated alkanes) is 4. The summed E-state index contributed by atoms with van der Waals surface area (Å²) in [5, 5.41) is 3.38. The number of nitrogens with one attached hydrogen (secondary N) is 1. The first-order valence-electron chi connectivity index (χ1n) is 6.62. The molecule has 15 heavy (non-hydrogen) atoms. The summed E-state index contributed by atoms with van der Waals surface area (Å²) < 4.78 is 5.59. The van der Waals surface area contributed by atoms with E-state index in [1.807, 2.05) is 0 Å². The molecule has 0 rings (SSSR count). The van der Waals surface area contributed by atoms with Crippen LogP contribution in [0.4, 0.5) is 0 Å². The van der Waals surface area contributed by atoms with Crippen molar-refractivity contribution in [2.45, 2.75) is 65.3 Å². The molecule has 0 aromatic heterocycles. The van der Waals surface area contributed by atoms with Crippen molar-refractivity contribution in [3.63, 3.8) is 0 Å². The second kappa shape index (κ2) is 12.0. The highest BCUT2D eigenvalue weighted by atomic mass is 16.5. The molecule has 0 aliphatic heterocycles. The van der Waals surface area contributed by atoms with Gasteiger partial charge in [-0.15, -0.1) is 0 Å². The third-order valence-corrected chi connectivity index (χ3v) is 2.64. The molecule has 0 aliphatic carbocycles. The fourth-order valence-corrected chi connectivity index (χ4v) is 1.62. The zero-order chi connectivity index (χ0) is 11.4. The monoisotopic (exact) mass is 215 g/mol. The molecule has 1 atom stereocenters. The summed E-state index contributed by atoms with van der Waals surface area (Å²) in [6, 6.07) is 0.593. The van der Waals surface area contributed by atoms with Crippen LogP contribution in [0.5, 0.6) is 0 Å². The van der Waals surface area contributed by atoms with Crippen molar-refractivity contribution in [2.75, 3.05) is 19.8 Å². The van der Waals surface area contributed by atoms with Gasteiger partial charge in [-0.1, -0.05) is 39.5 Å². The molecule has 92 valence electrons. The van der Waals surface area contributed by atoms with Gasteiger partial charge in [0.25, 0.3) is 0 Å². The molecule has 1 N–H and O–H groups in total. The fourth-order valence-electron chi connectivity index (χ4n) is 1.62. The van der Waals surface area contributed by atoms with E-state index in [2.05, 4.69) is 26.1 Å². The van der Waals surface area contributed by atoms with Crippen LogP contribution in [0.25, 0.3) is 0 Å². The van der Waals surface area contributed by atoms with Crippen molar-refractivity contribution in [3.05, 3.63) is 0 Å². The summed E-state index contributed by atoms with van der Waals surface area (Å²) in [5.41, 5.74) is 0. The van der Waals surface area contributed by atoms with Crippen LogP contribution in [0.3, 0.4) is 0 Å². The van der Waals surface area contributed by atoms with Gasteiger partial charge in [0.15, 0.2) is 0 Å². The lowest BCUT2D eigenvalue weighted by molar-refractivity contribution is 0.121. The maximum Gasteiger partial charge on any atom is 0.0480 e. The highest BCUT2D eigenvalue weighted by Crippen LogP contribution is 2.02. The van der Waals surface area contributed by atoms with E-state index < -0.39 is 0 Å². The second-order valence-corrected chi connectivity index (χ2v) is 4.27. The molecule has 0 spiro atoms. The van der Waals surface area contributed by atoms with Gasteiger partial charge in [-0.25, -0.2) is 0 Å². The van der Waals surface area contributed by atoms with Gasteiger partial charge in [0.05, 0.1) is 0 Å². The molecule has 0 fully saturated rings. The van der Waals surface area contributed by atoms with Crippen LogP contribution in [0.15, 0.2) is 0 Å². The van der Waals surface area contributed by atoms with Crippen molar-refractivity contribution in [2.24, 2.45) is 0 Å². The minimum Gasteiger partial charge on any atom is -0.381 e. The summed E-state index contributed by atoms with van der Waals surface area (Å²) in [7, 11) is 0. The van der Waals surface area contributed by atoms with E-state index in [4.69, 9.17) is 4.74 Å². The zero-order valence-corrected chi connectivity index (χ0v) is 10.8. The zero-order valence-electron chi connectivity index (χ0n) is 10.8. The second-order valence-electron chi connectivity index (χ2n) is 4.27. The van der Waals surface area contributed by atoms with E-state index in [1.54, 1.807) is 0 Å². The van der Waals surface area contributed by atoms with E-state index in [0.717, 1.165) is 26.2 Å². The highest BCUT2D eigenvalue weighted by molar-refractivity contribution is 4.57. The van der Waals surface area contributed by atoms with Gasteiger partial charge in [-0.2, -0.15) is 0 Å². The SMILES string of the molecule is CCCCCCCOCCC(C)NCC. The third-order valence-electron chi connectivity index (χ3n) is 2.64. The minimum atomic E-state index is 0.593. The van der Waals surface area contributed by atoms with Gasteiger partial charge in [0, 0.05) is 19.3 Å². The summed E-state index contributed by atoms with van der Waals surface area (Å²) in [6.45, 7) is 9.51. The molecule has 2 nitrogen and oxygen atoms in total. The Hall–Kier alpha value is -0.0800. The van der Waals surface area contributed by atoms with Crippen LogP contribution in [-0.4, -0.2) is 25.8 Å². The molecule has 0 heterocycles. The Labute approximate surface area is 95.8 Å². The Bertz CT molecular complexity index is 117. The van der Waals surface area contributed by atoms with Gasteiger partial charge in [-0.05, 0) is 26.3 Å². The largest absolute Gasteiger partial charge is 0.381 e. The molecular weight excluding hydrogens is 186 g/mol. The van der Waals surface area contributed by atoms with Gasteiger partial charge in [0.2, 0.25) is 0 Å². The average molecular weight is 215 g/mol. The van der Waals surface area contributed by atoms with Crippen molar-refractivity contribution < 1.29 is 4.74 Å². The van der Waals surface area contributed by atoms with Crippen molar-refractivity contribution in [3.8, 4) is 0 Å². The topological polar surface area (TPSA) is 21.3 Å². The molecule has 0 saturated heterocycles. The first-order chi connectivity index (χ1) is 7.31. The lowest BCUT2D eigenvalue weighted by Gasteiger charge is -2.11. The summed E-state index contributed by atoms with van der Waals surface area (Å²) in [6.07, 6.45) is 7.75. The smallest absolute Gasteiger partial charge is 0.0480 e. The number of ether oxygens (including phenoxy) is 1. The molecule has 0 aliphatic rings. The summed E-state index contributed by atoms with van der Waals surface area (Å²) >= 11 is 0. The number of rotatable bonds is 11. The van der Waals surface area contributed by atoms with Crippen molar-refractivity contribution in [1.29, 1.82) is 0 Å². The molecule has 0 aromatic carbocycles. The Morgan fingerprint density at radius 1 is 1.00 bits per heavy atom. The molecular formula is C13H29NO. The lowest BCUT2D eigenvalue weighted by Crippen LogP contribution is -2.26. The Morgan fingerprint density at radius 2 is 1.73 bits per heavy atom. The summed E-state index contributed by atoms with van der Waals surface area (Å²) in [5.74, 6) is 0. The van der Waals surface area contributed by atoms with Crippen LogP contribution in [0.2, 0.25) is 0 Å². The van der Waals surface area contributed by atoms with E-state index in [-0.39, 0.29) is 0 Å². The maximum atomic E-state index is 5.59. The van der Waals surface area contributed by atoms with Crippen LogP contribution in [0.1, 0.15) is 59.3 Å². The van der Waals surface area contributed by atoms with Crippen LogP contribution in [-0.2, 0) is 4.74 Å². The predicted molar refractivity (Wildman–Crippen MR) is 67.3 cm³/mol. The molecule has 0 aromatic rings. The molecule has 0 saturated carbocycles. The predicted octanol–water partition coefficient (Wildman–Crippen LogP) is 3.36. The van der Waals surface area contributed by atoms with E-state index in [0.29, 0.717) is 6.04 Å². The number of hydrogen-bond acceptors (Lipinski definition) is 2. The van der Waals surface area contributed by atoms with E-state index in [9.17, 15) is 0 Å². The van der Waals surface area contributed by atoms with E-state index in [1.165, 1.54) is 32.1 Å². The van der Waals surface area contributed by atoms with Gasteiger partial charge >= 0.3 is 0 Å². The number of hydrogen-bond donors (Lipinski definition) is 1. The van der Waals surface area contributed by atoms with Crippen LogP contribution in [0, 0.1) is 0 Å². The summed E-state index contributed by atoms with van der Waals surface area (Å²) in [4.78, 5) is 0. The molecule has 0 amide bonds. The average Bonchev–Trinajstić information content (AvgIpc) is 2.22. The molecule has 1 unspecified atom stereocenters. The van der Waals surface area contributed by atoms with E-state index >= 15 is 0 Å². The third kappa shape index (κ3) is 11.8. The van der Waals surface area contributed by atoms with Crippen LogP contribution < -0.4 is 5.32 Å². The molecule has 2 heteroatoms. The van der Waals surface area contributed by atoms with Crippen molar-refractivity contribution >= 4 is 0 Å². The fraction of sp³-hybridized carbons (Fsp3) is 1.00. The van der Waals surface area contributed by atoms with Gasteiger partial charge < -0.3 is 10.1 Å². The minimum absolute atomic E-state index is 0.593. The standard InChI is InChI=1S/C13H29NO/c1-4-6-7-8-9-11-15-12-10-13(3)14-5-2/h13-14H,4-12H2,1-3H3. The lowest BCUT2D eigenvalue weighted by atomic mass is 10.2. The van der Waals surface area contributed by atoms with Gasteiger partial charge in [0.1, 0.15) is 0 Å². The van der Waals surface area contributed by atoms with Crippen molar-refractivity contribution in [1.82, 2.24) is 5.32 Å². The first kappa shape index (κ1) is 14.9. The normalized spacial score (nSPS) is 13.0. The Morgan fingerprint density at radius 3 is 2.40 bits per heavy atom. The highest BCUT2D eigenvalue weighted by Gasteiger charge is 1.98. The maximum absolute atomic E-state index is 5.59. The molecule has 0 radical (unpaired) electrons. The van der Waals surface area contributed by atoms with Crippen LogP contribution >= 0.6 is 0 Å². The Balaban J connectivity index is 2.98.